The molecule has 0 N–H and O–H groups in total. The largest absolute Gasteiger partial charge is 0.383 e. The summed E-state index contributed by atoms with van der Waals surface area (Å²) in [5, 5.41) is 1.86. The number of aromatic nitrogens is 1. The van der Waals surface area contributed by atoms with E-state index in [4.69, 9.17) is 4.74 Å². The molecule has 1 fully saturated rings. The van der Waals surface area contributed by atoms with Crippen LogP contribution in [0.4, 0.5) is 0 Å². The first-order chi connectivity index (χ1) is 9.63. The molecule has 6 heteroatoms. The van der Waals surface area contributed by atoms with E-state index < -0.39 is 0 Å². The van der Waals surface area contributed by atoms with Crippen molar-refractivity contribution in [3.63, 3.8) is 0 Å². The van der Waals surface area contributed by atoms with Crippen LogP contribution >= 0.6 is 11.5 Å². The second kappa shape index (κ2) is 7.15. The van der Waals surface area contributed by atoms with Crippen LogP contribution in [0.1, 0.15) is 28.9 Å². The van der Waals surface area contributed by atoms with Gasteiger partial charge in [-0.2, -0.15) is 4.37 Å². The molecule has 2 heterocycles. The molecule has 0 aromatic carbocycles. The van der Waals surface area contributed by atoms with Crippen LogP contribution < -0.4 is 0 Å². The molecule has 5 nitrogen and oxygen atoms in total. The predicted octanol–water partition coefficient (Wildman–Crippen LogP) is 1.63. The minimum Gasteiger partial charge on any atom is -0.383 e. The number of carbonyl (C=O) groups excluding carboxylic acids is 1. The Morgan fingerprint density at radius 3 is 3.10 bits per heavy atom. The Bertz CT molecular complexity index is 449. The van der Waals surface area contributed by atoms with Crippen molar-refractivity contribution in [3.05, 3.63) is 16.6 Å². The summed E-state index contributed by atoms with van der Waals surface area (Å²) in [6, 6.07) is 0.309. The predicted molar refractivity (Wildman–Crippen MR) is 80.3 cm³/mol. The number of likely N-dealkylation sites (tertiary alicyclic amines) is 1. The zero-order valence-electron chi connectivity index (χ0n) is 12.5. The lowest BCUT2D eigenvalue weighted by Crippen LogP contribution is -2.43. The highest BCUT2D eigenvalue weighted by Crippen LogP contribution is 2.22. The maximum absolute atomic E-state index is 12.6. The van der Waals surface area contributed by atoms with Crippen LogP contribution in [0, 0.1) is 6.92 Å². The Balaban J connectivity index is 1.97. The fraction of sp³-hybridized carbons (Fsp3) is 0.714. The minimum atomic E-state index is 0.138. The smallest absolute Gasteiger partial charge is 0.256 e. The number of aryl methyl sites for hydroxylation is 1. The van der Waals surface area contributed by atoms with Crippen molar-refractivity contribution in [2.75, 3.05) is 40.4 Å². The minimum absolute atomic E-state index is 0.138. The van der Waals surface area contributed by atoms with E-state index in [9.17, 15) is 4.79 Å². The number of carbonyl (C=O) groups is 1. The summed E-state index contributed by atoms with van der Waals surface area (Å²) in [4.78, 5) is 16.8. The van der Waals surface area contributed by atoms with Gasteiger partial charge >= 0.3 is 0 Å². The molecular formula is C14H23N3O2S. The van der Waals surface area contributed by atoms with Gasteiger partial charge in [-0.3, -0.25) is 4.79 Å². The fourth-order valence-electron chi connectivity index (χ4n) is 2.64. The number of likely N-dealkylation sites (N-methyl/N-ethyl adjacent to an activating group) is 1. The second-order valence-electron chi connectivity index (χ2n) is 5.36. The second-order valence-corrected chi connectivity index (χ2v) is 5.99. The highest BCUT2D eigenvalue weighted by Gasteiger charge is 2.31. The SMILES string of the molecule is COCCN(C)C[C@@H]1CCCN1C(=O)c1csnc1C. The van der Waals surface area contributed by atoms with Gasteiger partial charge in [0.1, 0.15) is 0 Å². The monoisotopic (exact) mass is 297 g/mol. The molecule has 0 aliphatic carbocycles. The van der Waals surface area contributed by atoms with Crippen LogP contribution in [0.2, 0.25) is 0 Å². The van der Waals surface area contributed by atoms with Crippen LogP contribution in [0.15, 0.2) is 5.38 Å². The number of ether oxygens (including phenoxy) is 1. The topological polar surface area (TPSA) is 45.7 Å². The van der Waals surface area contributed by atoms with E-state index in [1.807, 2.05) is 17.2 Å². The van der Waals surface area contributed by atoms with Gasteiger partial charge in [-0.05, 0) is 38.3 Å². The number of rotatable bonds is 6. The summed E-state index contributed by atoms with van der Waals surface area (Å²) in [5.74, 6) is 0.138. The standard InChI is InChI=1S/C14H23N3O2S/c1-11-13(10-20-15-11)14(18)17-6-4-5-12(17)9-16(2)7-8-19-3/h10,12H,4-9H2,1-3H3/t12-/m0/s1. The van der Waals surface area contributed by atoms with Gasteiger partial charge in [-0.15, -0.1) is 0 Å². The molecule has 2 rings (SSSR count). The van der Waals surface area contributed by atoms with Gasteiger partial charge in [-0.1, -0.05) is 0 Å². The van der Waals surface area contributed by atoms with Gasteiger partial charge in [0.2, 0.25) is 0 Å². The molecule has 1 saturated heterocycles. The van der Waals surface area contributed by atoms with E-state index in [1.165, 1.54) is 11.5 Å². The Labute approximate surface area is 124 Å². The maximum Gasteiger partial charge on any atom is 0.256 e. The first kappa shape index (κ1) is 15.4. The Hall–Kier alpha value is -0.980. The highest BCUT2D eigenvalue weighted by molar-refractivity contribution is 7.03. The Kier molecular flexibility index (Phi) is 5.51. The van der Waals surface area contributed by atoms with Crippen molar-refractivity contribution in [2.45, 2.75) is 25.8 Å². The quantitative estimate of drug-likeness (QED) is 0.801. The molecule has 0 saturated carbocycles. The van der Waals surface area contributed by atoms with E-state index >= 15 is 0 Å². The molecular weight excluding hydrogens is 274 g/mol. The average molecular weight is 297 g/mol. The summed E-state index contributed by atoms with van der Waals surface area (Å²) in [6.07, 6.45) is 2.17. The summed E-state index contributed by atoms with van der Waals surface area (Å²) in [6.45, 7) is 5.29. The van der Waals surface area contributed by atoms with Crippen LogP contribution in [0.25, 0.3) is 0 Å². The first-order valence-electron chi connectivity index (χ1n) is 7.03. The van der Waals surface area contributed by atoms with Crippen molar-refractivity contribution in [3.8, 4) is 0 Å². The third-order valence-electron chi connectivity index (χ3n) is 3.82. The highest BCUT2D eigenvalue weighted by atomic mass is 32.1. The summed E-state index contributed by atoms with van der Waals surface area (Å²) in [5.41, 5.74) is 1.61. The zero-order chi connectivity index (χ0) is 14.5. The van der Waals surface area contributed by atoms with Crippen molar-refractivity contribution in [1.82, 2.24) is 14.2 Å². The Morgan fingerprint density at radius 1 is 1.65 bits per heavy atom. The molecule has 0 unspecified atom stereocenters. The third-order valence-corrected chi connectivity index (χ3v) is 4.54. The maximum atomic E-state index is 12.6. The van der Waals surface area contributed by atoms with Crippen LogP contribution in [0.3, 0.4) is 0 Å². The molecule has 0 spiro atoms. The molecule has 1 atom stereocenters. The lowest BCUT2D eigenvalue weighted by atomic mass is 10.2. The van der Waals surface area contributed by atoms with Crippen LogP contribution in [0.5, 0.6) is 0 Å². The number of amides is 1. The van der Waals surface area contributed by atoms with Crippen molar-refractivity contribution < 1.29 is 9.53 Å². The number of nitrogens with zero attached hydrogens (tertiary/aromatic N) is 3. The number of hydrogen-bond donors (Lipinski definition) is 0. The zero-order valence-corrected chi connectivity index (χ0v) is 13.3. The van der Waals surface area contributed by atoms with E-state index in [1.54, 1.807) is 7.11 Å². The summed E-state index contributed by atoms with van der Waals surface area (Å²) < 4.78 is 9.30. The Morgan fingerprint density at radius 2 is 2.45 bits per heavy atom. The number of hydrogen-bond acceptors (Lipinski definition) is 5. The molecule has 0 bridgehead atoms. The van der Waals surface area contributed by atoms with Crippen LogP contribution in [-0.4, -0.2) is 66.5 Å². The lowest BCUT2D eigenvalue weighted by molar-refractivity contribution is 0.0697. The van der Waals surface area contributed by atoms with Gasteiger partial charge in [0, 0.05) is 38.2 Å². The van der Waals surface area contributed by atoms with Gasteiger partial charge in [0.15, 0.2) is 0 Å². The molecule has 1 aromatic rings. The summed E-state index contributed by atoms with van der Waals surface area (Å²) in [7, 11) is 3.79. The van der Waals surface area contributed by atoms with E-state index in [0.29, 0.717) is 6.04 Å². The molecule has 1 aliphatic heterocycles. The molecule has 1 aromatic heterocycles. The fourth-order valence-corrected chi connectivity index (χ4v) is 3.33. The van der Waals surface area contributed by atoms with E-state index in [-0.39, 0.29) is 5.91 Å². The molecule has 1 aliphatic rings. The van der Waals surface area contributed by atoms with Crippen molar-refractivity contribution >= 4 is 17.4 Å². The summed E-state index contributed by atoms with van der Waals surface area (Å²) >= 11 is 1.36. The van der Waals surface area contributed by atoms with Crippen molar-refractivity contribution in [1.29, 1.82) is 0 Å². The molecule has 20 heavy (non-hydrogen) atoms. The normalized spacial score (nSPS) is 19.0. The lowest BCUT2D eigenvalue weighted by Gasteiger charge is -2.28. The van der Waals surface area contributed by atoms with E-state index in [0.717, 1.165) is 50.3 Å². The van der Waals surface area contributed by atoms with Gasteiger partial charge in [0.05, 0.1) is 17.9 Å². The van der Waals surface area contributed by atoms with Gasteiger partial charge in [0.25, 0.3) is 5.91 Å². The molecule has 112 valence electrons. The average Bonchev–Trinajstić information content (AvgIpc) is 3.04. The van der Waals surface area contributed by atoms with Crippen molar-refractivity contribution in [2.24, 2.45) is 0 Å². The molecule has 0 radical (unpaired) electrons. The molecule has 1 amide bonds. The number of methoxy groups -OCH3 is 1. The van der Waals surface area contributed by atoms with Crippen LogP contribution in [-0.2, 0) is 4.74 Å². The van der Waals surface area contributed by atoms with E-state index in [2.05, 4.69) is 16.3 Å². The van der Waals surface area contributed by atoms with Gasteiger partial charge < -0.3 is 14.5 Å². The first-order valence-corrected chi connectivity index (χ1v) is 7.86. The van der Waals surface area contributed by atoms with Gasteiger partial charge in [-0.25, -0.2) is 0 Å². The third kappa shape index (κ3) is 3.56.